The van der Waals surface area contributed by atoms with Crippen molar-refractivity contribution in [2.24, 2.45) is 0 Å². The molecule has 0 unspecified atom stereocenters. The maximum atomic E-state index is 12.7. The Hall–Kier alpha value is -2.67. The Kier molecular flexibility index (Phi) is 5.68. The van der Waals surface area contributed by atoms with Crippen molar-refractivity contribution in [3.8, 4) is 16.3 Å². The van der Waals surface area contributed by atoms with Gasteiger partial charge in [-0.3, -0.25) is 4.79 Å². The normalized spacial score (nSPS) is 10.7. The Morgan fingerprint density at radius 1 is 1.23 bits per heavy atom. The van der Waals surface area contributed by atoms with Crippen molar-refractivity contribution in [3.63, 3.8) is 0 Å². The van der Waals surface area contributed by atoms with Crippen LogP contribution in [0.3, 0.4) is 0 Å². The van der Waals surface area contributed by atoms with Gasteiger partial charge in [-0.05, 0) is 44.5 Å². The number of ether oxygens (including phenoxy) is 1. The highest BCUT2D eigenvalue weighted by Crippen LogP contribution is 2.29. The molecule has 2 heterocycles. The Balaban J connectivity index is 1.78. The molecule has 7 heteroatoms. The number of nitrogens with one attached hydrogen (secondary N) is 1. The van der Waals surface area contributed by atoms with Gasteiger partial charge in [-0.2, -0.15) is 5.10 Å². The number of anilines is 1. The summed E-state index contributed by atoms with van der Waals surface area (Å²) in [5.74, 6) is 1.37. The summed E-state index contributed by atoms with van der Waals surface area (Å²) < 4.78 is 7.26. The number of hydrogen-bond acceptors (Lipinski definition) is 5. The number of nitrogens with zero attached hydrogens (tertiary/aromatic N) is 3. The largest absolute Gasteiger partial charge is 0.494 e. The van der Waals surface area contributed by atoms with Crippen molar-refractivity contribution in [1.29, 1.82) is 0 Å². The topological polar surface area (TPSA) is 69.0 Å². The molecule has 1 aromatic carbocycles. The highest BCUT2D eigenvalue weighted by molar-refractivity contribution is 7.17. The summed E-state index contributed by atoms with van der Waals surface area (Å²) in [5, 5.41) is 7.98. The van der Waals surface area contributed by atoms with Crippen LogP contribution < -0.4 is 10.1 Å². The van der Waals surface area contributed by atoms with Gasteiger partial charge in [0.2, 0.25) is 0 Å². The van der Waals surface area contributed by atoms with E-state index in [4.69, 9.17) is 4.74 Å². The van der Waals surface area contributed by atoms with Crippen LogP contribution in [0.5, 0.6) is 5.75 Å². The van der Waals surface area contributed by atoms with Gasteiger partial charge in [-0.1, -0.05) is 6.92 Å². The summed E-state index contributed by atoms with van der Waals surface area (Å²) in [6.07, 6.45) is 2.64. The first-order chi connectivity index (χ1) is 12.6. The smallest absolute Gasteiger partial charge is 0.268 e. The minimum absolute atomic E-state index is 0.157. The van der Waals surface area contributed by atoms with E-state index in [0.717, 1.165) is 35.0 Å². The van der Waals surface area contributed by atoms with Crippen LogP contribution in [0, 0.1) is 6.92 Å². The second-order valence-electron chi connectivity index (χ2n) is 5.78. The summed E-state index contributed by atoms with van der Waals surface area (Å²) in [5.41, 5.74) is 1.69. The molecule has 0 saturated carbocycles. The lowest BCUT2D eigenvalue weighted by atomic mass is 10.2. The van der Waals surface area contributed by atoms with E-state index in [-0.39, 0.29) is 5.91 Å². The molecule has 3 aromatic rings. The van der Waals surface area contributed by atoms with Gasteiger partial charge in [-0.25, -0.2) is 9.67 Å². The van der Waals surface area contributed by atoms with Crippen molar-refractivity contribution in [2.75, 3.05) is 11.9 Å². The highest BCUT2D eigenvalue weighted by Gasteiger charge is 2.17. The summed E-state index contributed by atoms with van der Waals surface area (Å²) in [6, 6.07) is 9.55. The van der Waals surface area contributed by atoms with Gasteiger partial charge in [0.15, 0.2) is 0 Å². The first-order valence-corrected chi connectivity index (χ1v) is 9.47. The van der Waals surface area contributed by atoms with Crippen LogP contribution in [0.2, 0.25) is 0 Å². The number of carbonyl (C=O) groups excluding carboxylic acids is 1. The van der Waals surface area contributed by atoms with Gasteiger partial charge < -0.3 is 10.1 Å². The van der Waals surface area contributed by atoms with Crippen molar-refractivity contribution in [2.45, 2.75) is 33.7 Å². The number of hydrogen-bond donors (Lipinski definition) is 1. The van der Waals surface area contributed by atoms with Crippen LogP contribution in [0.4, 0.5) is 5.82 Å². The van der Waals surface area contributed by atoms with Crippen LogP contribution in [-0.2, 0) is 6.54 Å². The molecular formula is C19H22N4O2S. The second-order valence-corrected chi connectivity index (χ2v) is 6.78. The van der Waals surface area contributed by atoms with Crippen LogP contribution >= 0.6 is 11.3 Å². The van der Waals surface area contributed by atoms with Crippen molar-refractivity contribution in [3.05, 3.63) is 47.1 Å². The van der Waals surface area contributed by atoms with Gasteiger partial charge in [0.1, 0.15) is 21.5 Å². The molecule has 0 spiro atoms. The van der Waals surface area contributed by atoms with Crippen molar-refractivity contribution < 1.29 is 9.53 Å². The first-order valence-electron chi connectivity index (χ1n) is 8.66. The SMILES string of the molecule is CCCn1nccc1NC(=O)c1sc(-c2ccc(OCC)cc2)nc1C. The number of aromatic nitrogens is 3. The number of amides is 1. The maximum Gasteiger partial charge on any atom is 0.268 e. The highest BCUT2D eigenvalue weighted by atomic mass is 32.1. The average Bonchev–Trinajstić information content (AvgIpc) is 3.23. The average molecular weight is 370 g/mol. The third-order valence-electron chi connectivity index (χ3n) is 3.81. The molecule has 0 aliphatic rings. The van der Waals surface area contributed by atoms with Gasteiger partial charge in [-0.15, -0.1) is 11.3 Å². The molecule has 0 atom stereocenters. The molecule has 6 nitrogen and oxygen atoms in total. The van der Waals surface area contributed by atoms with Gasteiger partial charge in [0.05, 0.1) is 18.5 Å². The van der Waals surface area contributed by atoms with Gasteiger partial charge >= 0.3 is 0 Å². The minimum Gasteiger partial charge on any atom is -0.494 e. The lowest BCUT2D eigenvalue weighted by Gasteiger charge is -2.07. The fraction of sp³-hybridized carbons (Fsp3) is 0.316. The molecule has 0 fully saturated rings. The van der Waals surface area contributed by atoms with E-state index in [2.05, 4.69) is 22.3 Å². The predicted molar refractivity (Wildman–Crippen MR) is 104 cm³/mol. The number of rotatable bonds is 7. The van der Waals surface area contributed by atoms with Crippen LogP contribution in [0.15, 0.2) is 36.5 Å². The van der Waals surface area contributed by atoms with Crippen LogP contribution in [0.25, 0.3) is 10.6 Å². The molecule has 0 saturated heterocycles. The Morgan fingerprint density at radius 3 is 2.69 bits per heavy atom. The fourth-order valence-electron chi connectivity index (χ4n) is 2.59. The molecule has 136 valence electrons. The molecule has 1 amide bonds. The van der Waals surface area contributed by atoms with Crippen molar-refractivity contribution >= 4 is 23.1 Å². The number of benzene rings is 1. The number of carbonyl (C=O) groups is 1. The summed E-state index contributed by atoms with van der Waals surface area (Å²) in [7, 11) is 0. The number of thiazole rings is 1. The minimum atomic E-state index is -0.157. The number of aryl methyl sites for hydroxylation is 2. The third-order valence-corrected chi connectivity index (χ3v) is 5.01. The maximum absolute atomic E-state index is 12.7. The zero-order chi connectivity index (χ0) is 18.5. The standard InChI is InChI=1S/C19H22N4O2S/c1-4-12-23-16(10-11-20-23)22-18(24)17-13(3)21-19(26-17)14-6-8-15(9-7-14)25-5-2/h6-11H,4-5,12H2,1-3H3,(H,22,24). The van der Waals surface area contributed by atoms with Gasteiger partial charge in [0, 0.05) is 18.2 Å². The third kappa shape index (κ3) is 3.94. The predicted octanol–water partition coefficient (Wildman–Crippen LogP) is 4.38. The second kappa shape index (κ2) is 8.14. The summed E-state index contributed by atoms with van der Waals surface area (Å²) in [4.78, 5) is 17.8. The van der Waals surface area contributed by atoms with Crippen LogP contribution in [-0.4, -0.2) is 27.3 Å². The van der Waals surface area contributed by atoms with E-state index in [1.807, 2.05) is 38.1 Å². The van der Waals surface area contributed by atoms with Crippen LogP contribution in [0.1, 0.15) is 35.6 Å². The lowest BCUT2D eigenvalue weighted by Crippen LogP contribution is -2.15. The zero-order valence-corrected chi connectivity index (χ0v) is 16.0. The zero-order valence-electron chi connectivity index (χ0n) is 15.2. The van der Waals surface area contributed by atoms with E-state index >= 15 is 0 Å². The quantitative estimate of drug-likeness (QED) is 0.670. The van der Waals surface area contributed by atoms with E-state index in [1.54, 1.807) is 16.9 Å². The molecule has 0 radical (unpaired) electrons. The summed E-state index contributed by atoms with van der Waals surface area (Å²) in [6.45, 7) is 7.28. The molecule has 2 aromatic heterocycles. The molecule has 0 aliphatic heterocycles. The molecule has 0 bridgehead atoms. The Morgan fingerprint density at radius 2 is 2.00 bits per heavy atom. The Labute approximate surface area is 156 Å². The molecule has 1 N–H and O–H groups in total. The lowest BCUT2D eigenvalue weighted by molar-refractivity contribution is 0.102. The molecule has 0 aliphatic carbocycles. The van der Waals surface area contributed by atoms with E-state index < -0.39 is 0 Å². The van der Waals surface area contributed by atoms with E-state index in [1.165, 1.54) is 11.3 Å². The first kappa shape index (κ1) is 18.1. The van der Waals surface area contributed by atoms with E-state index in [9.17, 15) is 4.79 Å². The molecule has 26 heavy (non-hydrogen) atoms. The van der Waals surface area contributed by atoms with E-state index in [0.29, 0.717) is 17.3 Å². The Bertz CT molecular complexity index is 883. The fourth-order valence-corrected chi connectivity index (χ4v) is 3.56. The van der Waals surface area contributed by atoms with Crippen molar-refractivity contribution in [1.82, 2.24) is 14.8 Å². The van der Waals surface area contributed by atoms with Gasteiger partial charge in [0.25, 0.3) is 5.91 Å². The summed E-state index contributed by atoms with van der Waals surface area (Å²) >= 11 is 1.39. The molecular weight excluding hydrogens is 348 g/mol. The monoisotopic (exact) mass is 370 g/mol. The molecule has 3 rings (SSSR count).